The Morgan fingerprint density at radius 3 is 1.47 bits per heavy atom. The Bertz CT molecular complexity index is 170. The third-order valence-corrected chi connectivity index (χ3v) is 4.85. The van der Waals surface area contributed by atoms with Gasteiger partial charge in [-0.3, -0.25) is 0 Å². The Labute approximate surface area is 96.5 Å². The van der Waals surface area contributed by atoms with Crippen molar-refractivity contribution in [1.29, 1.82) is 0 Å². The van der Waals surface area contributed by atoms with Gasteiger partial charge in [0, 0.05) is 0 Å². The summed E-state index contributed by atoms with van der Waals surface area (Å²) in [5, 5.41) is 0. The molecule has 0 aromatic heterocycles. The van der Waals surface area contributed by atoms with Crippen LogP contribution in [0.2, 0.25) is 11.6 Å². The lowest BCUT2D eigenvalue weighted by Gasteiger charge is -2.35. The largest absolute Gasteiger partial charge is 0.118 e. The van der Waals surface area contributed by atoms with E-state index < -0.39 is 0 Å². The minimum absolute atomic E-state index is 0.948. The fourth-order valence-electron chi connectivity index (χ4n) is 3.58. The second kappa shape index (κ2) is 5.41. The molecule has 2 aliphatic rings. The van der Waals surface area contributed by atoms with Crippen molar-refractivity contribution in [3.8, 4) is 0 Å². The van der Waals surface area contributed by atoms with E-state index in [-0.39, 0.29) is 0 Å². The van der Waals surface area contributed by atoms with Gasteiger partial charge in [-0.05, 0) is 11.8 Å². The van der Waals surface area contributed by atoms with Crippen LogP contribution in [0.3, 0.4) is 0 Å². The average Bonchev–Trinajstić information content (AvgIpc) is 2.24. The zero-order valence-electron chi connectivity index (χ0n) is 10.5. The van der Waals surface area contributed by atoms with Crippen molar-refractivity contribution < 1.29 is 0 Å². The van der Waals surface area contributed by atoms with E-state index in [9.17, 15) is 0 Å². The summed E-state index contributed by atoms with van der Waals surface area (Å²) in [6.45, 7) is 4.93. The highest BCUT2D eigenvalue weighted by atomic mass is 14.2. The molecule has 0 saturated heterocycles. The van der Waals surface area contributed by atoms with Gasteiger partial charge in [-0.1, -0.05) is 76.8 Å². The van der Waals surface area contributed by atoms with Crippen LogP contribution in [-0.4, -0.2) is 7.28 Å². The summed E-state index contributed by atoms with van der Waals surface area (Å²) in [7, 11) is 2.76. The normalized spacial score (nSPS) is 42.5. The number of hydrogen-bond acceptors (Lipinski definition) is 0. The zero-order valence-corrected chi connectivity index (χ0v) is 10.5. The highest BCUT2D eigenvalue weighted by Gasteiger charge is 2.29. The molecule has 1 heteroatoms. The third kappa shape index (κ3) is 3.01. The van der Waals surface area contributed by atoms with Gasteiger partial charge in [0.2, 0.25) is 0 Å². The van der Waals surface area contributed by atoms with Gasteiger partial charge in [-0.2, -0.15) is 0 Å². The lowest BCUT2D eigenvalue weighted by Crippen LogP contribution is -2.25. The van der Waals surface area contributed by atoms with Gasteiger partial charge in [0.15, 0.2) is 0 Å². The fourth-order valence-corrected chi connectivity index (χ4v) is 3.58. The minimum Gasteiger partial charge on any atom is -0.0660 e. The summed E-state index contributed by atoms with van der Waals surface area (Å²) in [6.07, 6.45) is 11.8. The molecule has 0 heterocycles. The van der Waals surface area contributed by atoms with Gasteiger partial charge in [0.1, 0.15) is 7.28 Å². The van der Waals surface area contributed by atoms with Crippen LogP contribution >= 0.6 is 0 Å². The SMILES string of the molecule is C[C@@H]1CCCC[C@H]1[B]C1CCCC[C@@H]1C. The maximum absolute atomic E-state index is 2.76. The standard InChI is InChI=1S/C14H26B/c1-11-7-3-5-9-13(11)15-14-10-6-4-8-12(14)2/h11-14H,3-10H2,1-2H3/t11-,12+,13-,14?/m1/s1. The molecule has 2 aliphatic carbocycles. The third-order valence-electron chi connectivity index (χ3n) is 4.85. The van der Waals surface area contributed by atoms with E-state index in [1.165, 1.54) is 51.4 Å². The second-order valence-electron chi connectivity index (χ2n) is 6.04. The summed E-state index contributed by atoms with van der Waals surface area (Å²) in [5.41, 5.74) is 0. The Morgan fingerprint density at radius 2 is 1.07 bits per heavy atom. The van der Waals surface area contributed by atoms with Gasteiger partial charge in [-0.15, -0.1) is 0 Å². The van der Waals surface area contributed by atoms with Crippen LogP contribution in [-0.2, 0) is 0 Å². The first-order valence-electron chi connectivity index (χ1n) is 7.12. The van der Waals surface area contributed by atoms with Crippen LogP contribution in [0.25, 0.3) is 0 Å². The summed E-state index contributed by atoms with van der Waals surface area (Å²) >= 11 is 0. The van der Waals surface area contributed by atoms with E-state index in [0.717, 1.165) is 23.5 Å². The van der Waals surface area contributed by atoms with E-state index in [2.05, 4.69) is 21.1 Å². The van der Waals surface area contributed by atoms with Crippen LogP contribution in [0.15, 0.2) is 0 Å². The summed E-state index contributed by atoms with van der Waals surface area (Å²) in [4.78, 5) is 0. The Morgan fingerprint density at radius 1 is 0.667 bits per heavy atom. The molecule has 0 spiro atoms. The van der Waals surface area contributed by atoms with Gasteiger partial charge < -0.3 is 0 Å². The molecule has 0 amide bonds. The van der Waals surface area contributed by atoms with Crippen molar-refractivity contribution in [1.82, 2.24) is 0 Å². The number of rotatable bonds is 2. The van der Waals surface area contributed by atoms with Gasteiger partial charge in [0.05, 0.1) is 0 Å². The molecule has 1 radical (unpaired) electrons. The maximum atomic E-state index is 2.76. The minimum atomic E-state index is 0.948. The van der Waals surface area contributed by atoms with Gasteiger partial charge in [0.25, 0.3) is 0 Å². The smallest absolute Gasteiger partial charge is 0.0660 e. The Balaban J connectivity index is 1.83. The lowest BCUT2D eigenvalue weighted by molar-refractivity contribution is 0.353. The van der Waals surface area contributed by atoms with Crippen LogP contribution in [0.4, 0.5) is 0 Å². The van der Waals surface area contributed by atoms with E-state index in [1.807, 2.05) is 0 Å². The molecular weight excluding hydrogens is 179 g/mol. The Hall–Kier alpha value is 0.0649. The molecule has 0 aromatic rings. The van der Waals surface area contributed by atoms with Crippen molar-refractivity contribution in [2.24, 2.45) is 11.8 Å². The molecule has 2 rings (SSSR count). The molecule has 0 bridgehead atoms. The summed E-state index contributed by atoms with van der Waals surface area (Å²) in [5.74, 6) is 3.83. The predicted molar refractivity (Wildman–Crippen MR) is 68.5 cm³/mol. The first kappa shape index (κ1) is 11.5. The molecule has 0 aromatic carbocycles. The molecule has 0 aliphatic heterocycles. The predicted octanol–water partition coefficient (Wildman–Crippen LogP) is 4.69. The average molecular weight is 205 g/mol. The Kier molecular flexibility index (Phi) is 4.17. The topological polar surface area (TPSA) is 0 Å². The second-order valence-corrected chi connectivity index (χ2v) is 6.04. The van der Waals surface area contributed by atoms with Crippen LogP contribution in [0.1, 0.15) is 65.2 Å². The van der Waals surface area contributed by atoms with Gasteiger partial charge in [-0.25, -0.2) is 0 Å². The van der Waals surface area contributed by atoms with Crippen molar-refractivity contribution >= 4 is 7.28 Å². The van der Waals surface area contributed by atoms with Crippen molar-refractivity contribution in [2.75, 3.05) is 0 Å². The molecule has 4 atom stereocenters. The lowest BCUT2D eigenvalue weighted by atomic mass is 9.44. The number of hydrogen-bond donors (Lipinski definition) is 0. The molecule has 2 fully saturated rings. The zero-order chi connectivity index (χ0) is 10.7. The monoisotopic (exact) mass is 205 g/mol. The van der Waals surface area contributed by atoms with Crippen molar-refractivity contribution in [2.45, 2.75) is 76.8 Å². The molecule has 0 nitrogen and oxygen atoms in total. The molecule has 2 saturated carbocycles. The van der Waals surface area contributed by atoms with E-state index in [1.54, 1.807) is 0 Å². The highest BCUT2D eigenvalue weighted by molar-refractivity contribution is 6.39. The molecular formula is C14H26B. The van der Waals surface area contributed by atoms with Crippen molar-refractivity contribution in [3.63, 3.8) is 0 Å². The van der Waals surface area contributed by atoms with Crippen molar-refractivity contribution in [3.05, 3.63) is 0 Å². The van der Waals surface area contributed by atoms with Crippen LogP contribution < -0.4 is 0 Å². The quantitative estimate of drug-likeness (QED) is 0.574. The first-order valence-corrected chi connectivity index (χ1v) is 7.12. The fraction of sp³-hybridized carbons (Fsp3) is 1.00. The molecule has 85 valence electrons. The summed E-state index contributed by atoms with van der Waals surface area (Å²) < 4.78 is 0. The van der Waals surface area contributed by atoms with Crippen LogP contribution in [0.5, 0.6) is 0 Å². The highest BCUT2D eigenvalue weighted by Crippen LogP contribution is 2.41. The maximum Gasteiger partial charge on any atom is 0.118 e. The van der Waals surface area contributed by atoms with E-state index >= 15 is 0 Å². The first-order chi connectivity index (χ1) is 7.27. The molecule has 1 unspecified atom stereocenters. The molecule has 0 N–H and O–H groups in total. The van der Waals surface area contributed by atoms with Gasteiger partial charge >= 0.3 is 0 Å². The van der Waals surface area contributed by atoms with E-state index in [0.29, 0.717) is 0 Å². The summed E-state index contributed by atoms with van der Waals surface area (Å²) in [6, 6.07) is 0. The van der Waals surface area contributed by atoms with Crippen LogP contribution in [0, 0.1) is 11.8 Å². The molecule has 15 heavy (non-hydrogen) atoms. The van der Waals surface area contributed by atoms with E-state index in [4.69, 9.17) is 0 Å².